The van der Waals surface area contributed by atoms with Crippen LogP contribution in [0.3, 0.4) is 0 Å². The highest BCUT2D eigenvalue weighted by molar-refractivity contribution is 14.0. The summed E-state index contributed by atoms with van der Waals surface area (Å²) in [6, 6.07) is 4.12. The number of rotatable bonds is 4. The van der Waals surface area contributed by atoms with Crippen LogP contribution in [-0.4, -0.2) is 42.1 Å². The number of pyridine rings is 1. The van der Waals surface area contributed by atoms with Crippen molar-refractivity contribution < 1.29 is 4.74 Å². The molecular weight excluding hydrogens is 439 g/mol. The van der Waals surface area contributed by atoms with Gasteiger partial charge in [0.1, 0.15) is 6.10 Å². The first-order chi connectivity index (χ1) is 12.3. The van der Waals surface area contributed by atoms with Crippen LogP contribution in [0.1, 0.15) is 56.9 Å². The lowest BCUT2D eigenvalue weighted by Gasteiger charge is -2.38. The fourth-order valence-electron chi connectivity index (χ4n) is 4.52. The molecule has 1 aromatic rings. The summed E-state index contributed by atoms with van der Waals surface area (Å²) in [6.45, 7) is 3.06. The van der Waals surface area contributed by atoms with Crippen molar-refractivity contribution in [3.8, 4) is 5.88 Å². The number of nitrogens with one attached hydrogen (secondary N) is 1. The SMILES string of the molecule is CN=C(NCc1ccnc(OC2CCCC2)c1)N1CCC2(CCC2)C1.I. The molecule has 0 aromatic carbocycles. The van der Waals surface area contributed by atoms with Gasteiger partial charge in [-0.1, -0.05) is 6.42 Å². The second kappa shape index (κ2) is 8.76. The van der Waals surface area contributed by atoms with Crippen LogP contribution in [0.15, 0.2) is 23.3 Å². The molecule has 0 bridgehead atoms. The molecular formula is C20H31IN4O. The zero-order valence-electron chi connectivity index (χ0n) is 15.7. The Labute approximate surface area is 174 Å². The zero-order chi connectivity index (χ0) is 17.1. The fraction of sp³-hybridized carbons (Fsp3) is 0.700. The summed E-state index contributed by atoms with van der Waals surface area (Å²) in [5.41, 5.74) is 1.79. The molecule has 1 spiro atoms. The minimum Gasteiger partial charge on any atom is -0.474 e. The van der Waals surface area contributed by atoms with Gasteiger partial charge in [-0.05, 0) is 62.0 Å². The van der Waals surface area contributed by atoms with Gasteiger partial charge in [0.15, 0.2) is 5.96 Å². The normalized spacial score (nSPS) is 22.2. The number of aromatic nitrogens is 1. The van der Waals surface area contributed by atoms with E-state index in [9.17, 15) is 0 Å². The second-order valence-electron chi connectivity index (χ2n) is 7.95. The first kappa shape index (κ1) is 19.7. The molecule has 1 aliphatic heterocycles. The van der Waals surface area contributed by atoms with E-state index in [1.54, 1.807) is 0 Å². The van der Waals surface area contributed by atoms with E-state index in [4.69, 9.17) is 4.74 Å². The Balaban J connectivity index is 0.00000196. The molecule has 6 heteroatoms. The average Bonchev–Trinajstić information content (AvgIpc) is 3.25. The Morgan fingerprint density at radius 3 is 2.77 bits per heavy atom. The molecule has 2 heterocycles. The topological polar surface area (TPSA) is 49.8 Å². The number of nitrogens with zero attached hydrogens (tertiary/aromatic N) is 3. The molecule has 4 rings (SSSR count). The van der Waals surface area contributed by atoms with Crippen molar-refractivity contribution in [3.05, 3.63) is 23.9 Å². The Kier molecular flexibility index (Phi) is 6.64. The van der Waals surface area contributed by atoms with E-state index in [1.165, 1.54) is 50.6 Å². The van der Waals surface area contributed by atoms with Crippen molar-refractivity contribution in [2.24, 2.45) is 10.4 Å². The van der Waals surface area contributed by atoms with E-state index >= 15 is 0 Å². The van der Waals surface area contributed by atoms with E-state index in [-0.39, 0.29) is 24.0 Å². The lowest BCUT2D eigenvalue weighted by Crippen LogP contribution is -2.42. The van der Waals surface area contributed by atoms with Gasteiger partial charge in [-0.25, -0.2) is 4.98 Å². The number of halogens is 1. The van der Waals surface area contributed by atoms with Gasteiger partial charge in [0.05, 0.1) is 0 Å². The first-order valence-corrected chi connectivity index (χ1v) is 9.84. The van der Waals surface area contributed by atoms with Crippen molar-refractivity contribution in [1.29, 1.82) is 0 Å². The van der Waals surface area contributed by atoms with Gasteiger partial charge < -0.3 is 15.0 Å². The molecule has 3 aliphatic rings. The quantitative estimate of drug-likeness (QED) is 0.411. The van der Waals surface area contributed by atoms with E-state index < -0.39 is 0 Å². The molecule has 1 N–H and O–H groups in total. The number of hydrogen-bond donors (Lipinski definition) is 1. The largest absolute Gasteiger partial charge is 0.474 e. The highest BCUT2D eigenvalue weighted by atomic mass is 127. The molecule has 2 aliphatic carbocycles. The lowest BCUT2D eigenvalue weighted by molar-refractivity contribution is 0.151. The van der Waals surface area contributed by atoms with Crippen LogP contribution in [-0.2, 0) is 6.54 Å². The summed E-state index contributed by atoms with van der Waals surface area (Å²) in [5, 5.41) is 3.53. The van der Waals surface area contributed by atoms with Gasteiger partial charge in [0, 0.05) is 38.9 Å². The van der Waals surface area contributed by atoms with Crippen molar-refractivity contribution >= 4 is 29.9 Å². The van der Waals surface area contributed by atoms with Gasteiger partial charge in [-0.3, -0.25) is 4.99 Å². The van der Waals surface area contributed by atoms with Gasteiger partial charge >= 0.3 is 0 Å². The van der Waals surface area contributed by atoms with Crippen molar-refractivity contribution in [3.63, 3.8) is 0 Å². The Hall–Kier alpha value is -1.05. The fourth-order valence-corrected chi connectivity index (χ4v) is 4.52. The standard InChI is InChI=1S/C20H30N4O.HI/c1-21-19(24-12-10-20(15-24)8-4-9-20)23-14-16-7-11-22-18(13-16)25-17-5-2-3-6-17;/h7,11,13,17H,2-6,8-10,12,14-15H2,1H3,(H,21,23);1H. The number of ether oxygens (including phenoxy) is 1. The number of aliphatic imine (C=N–C) groups is 1. The molecule has 1 aromatic heterocycles. The number of hydrogen-bond acceptors (Lipinski definition) is 3. The maximum atomic E-state index is 6.02. The molecule has 1 saturated heterocycles. The minimum absolute atomic E-state index is 0. The van der Waals surface area contributed by atoms with Crippen LogP contribution in [0.25, 0.3) is 0 Å². The molecule has 3 fully saturated rings. The van der Waals surface area contributed by atoms with Crippen LogP contribution in [0.2, 0.25) is 0 Å². The van der Waals surface area contributed by atoms with E-state index in [0.29, 0.717) is 11.5 Å². The maximum Gasteiger partial charge on any atom is 0.213 e. The first-order valence-electron chi connectivity index (χ1n) is 9.84. The molecule has 0 amide bonds. The summed E-state index contributed by atoms with van der Waals surface area (Å²) in [5.74, 6) is 1.79. The van der Waals surface area contributed by atoms with Gasteiger partial charge in [0.2, 0.25) is 5.88 Å². The van der Waals surface area contributed by atoms with Crippen LogP contribution < -0.4 is 10.1 Å². The predicted molar refractivity (Wildman–Crippen MR) is 115 cm³/mol. The molecule has 144 valence electrons. The summed E-state index contributed by atoms with van der Waals surface area (Å²) < 4.78 is 6.02. The lowest BCUT2D eigenvalue weighted by atomic mass is 9.68. The van der Waals surface area contributed by atoms with E-state index in [2.05, 4.69) is 32.3 Å². The highest BCUT2D eigenvalue weighted by Gasteiger charge is 2.43. The van der Waals surface area contributed by atoms with Gasteiger partial charge in [0.25, 0.3) is 0 Å². The molecule has 0 unspecified atom stereocenters. The Morgan fingerprint density at radius 2 is 2.12 bits per heavy atom. The van der Waals surface area contributed by atoms with Crippen LogP contribution >= 0.6 is 24.0 Å². The maximum absolute atomic E-state index is 6.02. The third kappa shape index (κ3) is 4.43. The van der Waals surface area contributed by atoms with Crippen molar-refractivity contribution in [2.45, 2.75) is 64.0 Å². The van der Waals surface area contributed by atoms with Crippen molar-refractivity contribution in [2.75, 3.05) is 20.1 Å². The second-order valence-corrected chi connectivity index (χ2v) is 7.95. The third-order valence-corrected chi connectivity index (χ3v) is 6.20. The average molecular weight is 470 g/mol. The summed E-state index contributed by atoms with van der Waals surface area (Å²) in [6.07, 6.45) is 12.6. The van der Waals surface area contributed by atoms with Crippen LogP contribution in [0, 0.1) is 5.41 Å². The van der Waals surface area contributed by atoms with Gasteiger partial charge in [-0.2, -0.15) is 0 Å². The van der Waals surface area contributed by atoms with E-state index in [0.717, 1.165) is 37.8 Å². The smallest absolute Gasteiger partial charge is 0.213 e. The Bertz CT molecular complexity index is 626. The molecule has 26 heavy (non-hydrogen) atoms. The molecule has 0 radical (unpaired) electrons. The molecule has 5 nitrogen and oxygen atoms in total. The summed E-state index contributed by atoms with van der Waals surface area (Å²) in [7, 11) is 1.88. The molecule has 0 atom stereocenters. The van der Waals surface area contributed by atoms with E-state index in [1.807, 2.05) is 13.2 Å². The van der Waals surface area contributed by atoms with Crippen LogP contribution in [0.4, 0.5) is 0 Å². The monoisotopic (exact) mass is 470 g/mol. The number of guanidine groups is 1. The summed E-state index contributed by atoms with van der Waals surface area (Å²) >= 11 is 0. The molecule has 2 saturated carbocycles. The zero-order valence-corrected chi connectivity index (χ0v) is 18.1. The summed E-state index contributed by atoms with van der Waals surface area (Å²) in [4.78, 5) is 11.3. The van der Waals surface area contributed by atoms with Crippen LogP contribution in [0.5, 0.6) is 5.88 Å². The Morgan fingerprint density at radius 1 is 1.31 bits per heavy atom. The minimum atomic E-state index is 0. The predicted octanol–water partition coefficient (Wildman–Crippen LogP) is 3.97. The third-order valence-electron chi connectivity index (χ3n) is 6.20. The number of likely N-dealkylation sites (tertiary alicyclic amines) is 1. The van der Waals surface area contributed by atoms with Crippen molar-refractivity contribution in [1.82, 2.24) is 15.2 Å². The highest BCUT2D eigenvalue weighted by Crippen LogP contribution is 2.47. The van der Waals surface area contributed by atoms with Gasteiger partial charge in [-0.15, -0.1) is 24.0 Å².